The third-order valence-electron chi connectivity index (χ3n) is 2.10. The second kappa shape index (κ2) is 6.27. The van der Waals surface area contributed by atoms with Crippen LogP contribution < -0.4 is 0 Å². The fraction of sp³-hybridized carbons (Fsp3) is 0.625. The molecule has 0 radical (unpaired) electrons. The maximum Gasteiger partial charge on any atom is 0.261 e. The number of hydrogen-bond donors (Lipinski definition) is 0. The first-order valence-corrected chi connectivity index (χ1v) is 7.76. The van der Waals surface area contributed by atoms with Crippen LogP contribution in [0.4, 0.5) is 8.78 Å². The SMILES string of the molecule is Cn1ncc(Cl)c1S(=O)(=O)N(CCBr)CC(F)F. The predicted octanol–water partition coefficient (Wildman–Crippen LogP) is 1.72. The molecular weight excluding hydrogens is 356 g/mol. The smallest absolute Gasteiger partial charge is 0.255 e. The summed E-state index contributed by atoms with van der Waals surface area (Å²) in [6.07, 6.45) is -1.60. The second-order valence-corrected chi connectivity index (χ2v) is 6.42. The average molecular weight is 367 g/mol. The van der Waals surface area contributed by atoms with E-state index in [1.54, 1.807) is 0 Å². The van der Waals surface area contributed by atoms with Crippen molar-refractivity contribution in [1.82, 2.24) is 14.1 Å². The lowest BCUT2D eigenvalue weighted by Crippen LogP contribution is -2.37. The van der Waals surface area contributed by atoms with E-state index in [-0.39, 0.29) is 21.9 Å². The standard InChI is InChI=1S/C8H11BrClF2N3O2S/c1-14-8(6(10)4-13-14)18(16,17)15(3-2-9)5-7(11)12/h4,7H,2-3,5H2,1H3. The lowest BCUT2D eigenvalue weighted by molar-refractivity contribution is 0.121. The van der Waals surface area contributed by atoms with Gasteiger partial charge in [0.2, 0.25) is 0 Å². The fourth-order valence-electron chi connectivity index (χ4n) is 1.37. The van der Waals surface area contributed by atoms with Crippen LogP contribution in [0.15, 0.2) is 11.2 Å². The van der Waals surface area contributed by atoms with Crippen molar-refractivity contribution in [2.75, 3.05) is 18.4 Å². The Labute approximate surface area is 117 Å². The van der Waals surface area contributed by atoms with Crippen molar-refractivity contribution >= 4 is 37.6 Å². The van der Waals surface area contributed by atoms with E-state index in [1.807, 2.05) is 0 Å². The topological polar surface area (TPSA) is 55.2 Å². The number of halogens is 4. The first-order chi connectivity index (χ1) is 8.30. The molecule has 0 saturated carbocycles. The van der Waals surface area contributed by atoms with Crippen molar-refractivity contribution in [2.24, 2.45) is 7.05 Å². The molecule has 0 fully saturated rings. The zero-order chi connectivity index (χ0) is 13.9. The third kappa shape index (κ3) is 3.40. The molecule has 1 aromatic rings. The molecule has 0 aliphatic rings. The van der Waals surface area contributed by atoms with E-state index in [0.29, 0.717) is 4.31 Å². The van der Waals surface area contributed by atoms with Crippen LogP contribution in [0.1, 0.15) is 0 Å². The number of sulfonamides is 1. The molecule has 0 aliphatic heterocycles. The minimum atomic E-state index is -4.08. The van der Waals surface area contributed by atoms with Crippen LogP contribution in [0.3, 0.4) is 0 Å². The molecule has 0 atom stereocenters. The van der Waals surface area contributed by atoms with Gasteiger partial charge < -0.3 is 0 Å². The van der Waals surface area contributed by atoms with Crippen LogP contribution in [0, 0.1) is 0 Å². The molecule has 0 bridgehead atoms. The fourth-order valence-corrected chi connectivity index (χ4v) is 4.06. The summed E-state index contributed by atoms with van der Waals surface area (Å²) in [4.78, 5) is 0. The van der Waals surface area contributed by atoms with E-state index in [9.17, 15) is 17.2 Å². The maximum atomic E-state index is 12.4. The molecule has 1 rings (SSSR count). The monoisotopic (exact) mass is 365 g/mol. The molecule has 5 nitrogen and oxygen atoms in total. The normalized spacial score (nSPS) is 12.6. The van der Waals surface area contributed by atoms with Crippen molar-refractivity contribution in [3.05, 3.63) is 11.2 Å². The first kappa shape index (κ1) is 15.8. The number of aryl methyl sites for hydroxylation is 1. The van der Waals surface area contributed by atoms with E-state index in [1.165, 1.54) is 7.05 Å². The Kier molecular flexibility index (Phi) is 5.50. The van der Waals surface area contributed by atoms with Gasteiger partial charge in [-0.2, -0.15) is 9.40 Å². The van der Waals surface area contributed by atoms with Crippen molar-refractivity contribution in [3.63, 3.8) is 0 Å². The Morgan fingerprint density at radius 1 is 1.61 bits per heavy atom. The van der Waals surface area contributed by atoms with Gasteiger partial charge in [-0.05, 0) is 0 Å². The van der Waals surface area contributed by atoms with Crippen LogP contribution in [0.25, 0.3) is 0 Å². The first-order valence-electron chi connectivity index (χ1n) is 4.82. The van der Waals surface area contributed by atoms with Crippen molar-refractivity contribution in [2.45, 2.75) is 11.5 Å². The van der Waals surface area contributed by atoms with E-state index < -0.39 is 23.0 Å². The predicted molar refractivity (Wildman–Crippen MR) is 66.8 cm³/mol. The van der Waals surface area contributed by atoms with E-state index in [4.69, 9.17) is 11.6 Å². The molecule has 104 valence electrons. The highest BCUT2D eigenvalue weighted by Crippen LogP contribution is 2.24. The Morgan fingerprint density at radius 3 is 2.61 bits per heavy atom. The maximum absolute atomic E-state index is 12.4. The van der Waals surface area contributed by atoms with Gasteiger partial charge in [-0.3, -0.25) is 4.68 Å². The van der Waals surface area contributed by atoms with Gasteiger partial charge in [-0.25, -0.2) is 17.2 Å². The highest BCUT2D eigenvalue weighted by atomic mass is 79.9. The number of rotatable bonds is 6. The van der Waals surface area contributed by atoms with Gasteiger partial charge in [0.15, 0.2) is 5.03 Å². The van der Waals surface area contributed by atoms with Gasteiger partial charge in [0.25, 0.3) is 16.4 Å². The quantitative estimate of drug-likeness (QED) is 0.721. The zero-order valence-corrected chi connectivity index (χ0v) is 12.5. The number of alkyl halides is 3. The highest BCUT2D eigenvalue weighted by molar-refractivity contribution is 9.09. The van der Waals surface area contributed by atoms with E-state index >= 15 is 0 Å². The molecular formula is C8H11BrClF2N3O2S. The summed E-state index contributed by atoms with van der Waals surface area (Å²) in [6, 6.07) is 0. The highest BCUT2D eigenvalue weighted by Gasteiger charge is 2.31. The molecule has 0 unspecified atom stereocenters. The van der Waals surface area contributed by atoms with Crippen molar-refractivity contribution in [3.8, 4) is 0 Å². The zero-order valence-electron chi connectivity index (χ0n) is 9.35. The number of nitrogens with zero attached hydrogens (tertiary/aromatic N) is 3. The second-order valence-electron chi connectivity index (χ2n) is 3.36. The lowest BCUT2D eigenvalue weighted by Gasteiger charge is -2.20. The molecule has 0 saturated heterocycles. The number of hydrogen-bond acceptors (Lipinski definition) is 3. The Hall–Kier alpha value is -0.250. The minimum absolute atomic E-state index is 0.0752. The molecule has 0 N–H and O–H groups in total. The summed E-state index contributed by atoms with van der Waals surface area (Å²) in [5.41, 5.74) is 0. The van der Waals surface area contributed by atoms with Gasteiger partial charge >= 0.3 is 0 Å². The lowest BCUT2D eigenvalue weighted by atomic mass is 10.6. The van der Waals surface area contributed by atoms with Crippen LogP contribution in [0.2, 0.25) is 5.02 Å². The van der Waals surface area contributed by atoms with Gasteiger partial charge in [0.1, 0.15) is 0 Å². The largest absolute Gasteiger partial charge is 0.261 e. The molecule has 10 heteroatoms. The summed E-state index contributed by atoms with van der Waals surface area (Å²) in [5, 5.41) is 3.55. The van der Waals surface area contributed by atoms with Crippen LogP contribution in [0.5, 0.6) is 0 Å². The summed E-state index contributed by atoms with van der Waals surface area (Å²) < 4.78 is 50.9. The van der Waals surface area contributed by atoms with E-state index in [2.05, 4.69) is 21.0 Å². The molecule has 0 aliphatic carbocycles. The molecule has 0 aromatic carbocycles. The Morgan fingerprint density at radius 2 is 2.22 bits per heavy atom. The molecule has 0 amide bonds. The minimum Gasteiger partial charge on any atom is -0.255 e. The van der Waals surface area contributed by atoms with Crippen LogP contribution in [-0.2, 0) is 17.1 Å². The third-order valence-corrected chi connectivity index (χ3v) is 4.83. The Balaban J connectivity index is 3.17. The van der Waals surface area contributed by atoms with Crippen molar-refractivity contribution in [1.29, 1.82) is 0 Å². The van der Waals surface area contributed by atoms with Gasteiger partial charge in [0, 0.05) is 18.9 Å². The van der Waals surface area contributed by atoms with Gasteiger partial charge in [0.05, 0.1) is 17.8 Å². The summed E-state index contributed by atoms with van der Waals surface area (Å²) in [6.45, 7) is -0.955. The molecule has 1 aromatic heterocycles. The number of aromatic nitrogens is 2. The van der Waals surface area contributed by atoms with Gasteiger partial charge in [-0.1, -0.05) is 27.5 Å². The van der Waals surface area contributed by atoms with Crippen molar-refractivity contribution < 1.29 is 17.2 Å². The summed E-state index contributed by atoms with van der Waals surface area (Å²) in [7, 11) is -2.70. The average Bonchev–Trinajstić information content (AvgIpc) is 2.57. The molecule has 18 heavy (non-hydrogen) atoms. The summed E-state index contributed by atoms with van der Waals surface area (Å²) >= 11 is 8.75. The van der Waals surface area contributed by atoms with Crippen LogP contribution in [-0.4, -0.2) is 47.3 Å². The van der Waals surface area contributed by atoms with Crippen LogP contribution >= 0.6 is 27.5 Å². The van der Waals surface area contributed by atoms with Gasteiger partial charge in [-0.15, -0.1) is 0 Å². The molecule has 1 heterocycles. The van der Waals surface area contributed by atoms with E-state index in [0.717, 1.165) is 10.9 Å². The molecule has 0 spiro atoms. The summed E-state index contributed by atoms with van der Waals surface area (Å²) in [5.74, 6) is 0. The Bertz CT molecular complexity index is 489.